The molecule has 6 heteroatoms. The number of hydrogen-bond acceptors (Lipinski definition) is 4. The normalized spacial score (nSPS) is 25.4. The van der Waals surface area contributed by atoms with Crippen LogP contribution < -0.4 is 5.56 Å². The number of nitrogens with one attached hydrogen (secondary N) is 1. The predicted octanol–water partition coefficient (Wildman–Crippen LogP) is 1.98. The molecule has 6 nitrogen and oxygen atoms in total. The van der Waals surface area contributed by atoms with Crippen LogP contribution in [0.4, 0.5) is 0 Å². The van der Waals surface area contributed by atoms with Crippen molar-refractivity contribution >= 4 is 5.91 Å². The fourth-order valence-electron chi connectivity index (χ4n) is 4.55. The van der Waals surface area contributed by atoms with E-state index in [9.17, 15) is 9.59 Å². The van der Waals surface area contributed by atoms with Crippen molar-refractivity contribution in [3.63, 3.8) is 0 Å². The van der Waals surface area contributed by atoms with Crippen LogP contribution in [0.1, 0.15) is 23.2 Å². The van der Waals surface area contributed by atoms with Crippen molar-refractivity contribution < 1.29 is 9.53 Å². The topological polar surface area (TPSA) is 65.6 Å². The van der Waals surface area contributed by atoms with E-state index in [2.05, 4.69) is 9.88 Å². The first-order valence-electron chi connectivity index (χ1n) is 10.1. The monoisotopic (exact) mass is 379 g/mol. The van der Waals surface area contributed by atoms with Crippen molar-refractivity contribution in [3.8, 4) is 11.3 Å². The summed E-state index contributed by atoms with van der Waals surface area (Å²) in [5.74, 6) is 0.576. The van der Waals surface area contributed by atoms with Crippen LogP contribution in [-0.4, -0.2) is 65.6 Å². The number of amides is 1. The number of H-pyrrole nitrogens is 1. The maximum absolute atomic E-state index is 13.0. The van der Waals surface area contributed by atoms with Gasteiger partial charge < -0.3 is 14.6 Å². The molecule has 1 amide bonds. The van der Waals surface area contributed by atoms with Gasteiger partial charge in [-0.05, 0) is 36.5 Å². The molecule has 3 aliphatic rings. The summed E-state index contributed by atoms with van der Waals surface area (Å²) in [6.07, 6.45) is 2.59. The molecule has 1 N–H and O–H groups in total. The van der Waals surface area contributed by atoms with E-state index in [1.165, 1.54) is 12.8 Å². The van der Waals surface area contributed by atoms with Crippen LogP contribution in [0.5, 0.6) is 0 Å². The summed E-state index contributed by atoms with van der Waals surface area (Å²) in [4.78, 5) is 32.8. The minimum atomic E-state index is -0.329. The molecule has 28 heavy (non-hydrogen) atoms. The molecular weight excluding hydrogens is 354 g/mol. The van der Waals surface area contributed by atoms with Gasteiger partial charge in [-0.15, -0.1) is 0 Å². The van der Waals surface area contributed by atoms with Crippen LogP contribution in [0.15, 0.2) is 47.3 Å². The first-order chi connectivity index (χ1) is 13.7. The third-order valence-electron chi connectivity index (χ3n) is 6.23. The van der Waals surface area contributed by atoms with Crippen LogP contribution in [0.3, 0.4) is 0 Å². The predicted molar refractivity (Wildman–Crippen MR) is 106 cm³/mol. The minimum absolute atomic E-state index is 0.186. The number of carbonyl (C=O) groups excluding carboxylic acids is 1. The first kappa shape index (κ1) is 17.6. The van der Waals surface area contributed by atoms with Gasteiger partial charge in [0.25, 0.3) is 11.5 Å². The summed E-state index contributed by atoms with van der Waals surface area (Å²) >= 11 is 0. The number of morpholine rings is 1. The Morgan fingerprint density at radius 1 is 1.04 bits per heavy atom. The number of aromatic nitrogens is 1. The Hall–Kier alpha value is -2.44. The van der Waals surface area contributed by atoms with E-state index >= 15 is 0 Å². The van der Waals surface area contributed by atoms with E-state index < -0.39 is 0 Å². The number of piperazine rings is 1. The van der Waals surface area contributed by atoms with E-state index in [1.807, 2.05) is 41.3 Å². The van der Waals surface area contributed by atoms with E-state index in [0.29, 0.717) is 25.7 Å². The number of carbonyl (C=O) groups is 1. The molecule has 3 heterocycles. The molecule has 2 aromatic rings. The van der Waals surface area contributed by atoms with Crippen LogP contribution in [-0.2, 0) is 4.74 Å². The minimum Gasteiger partial charge on any atom is -0.378 e. The van der Waals surface area contributed by atoms with Gasteiger partial charge in [-0.25, -0.2) is 0 Å². The summed E-state index contributed by atoms with van der Waals surface area (Å²) in [6, 6.07) is 13.9. The SMILES string of the molecule is O=C(c1ccc(-c2ccccc2)[nH]c1=O)N1CCN2[C@@H](COC[C@@H]2C2CC2)C1. The summed E-state index contributed by atoms with van der Waals surface area (Å²) in [5, 5.41) is 0. The van der Waals surface area contributed by atoms with Gasteiger partial charge in [0.15, 0.2) is 0 Å². The van der Waals surface area contributed by atoms with Crippen LogP contribution in [0.2, 0.25) is 0 Å². The zero-order valence-electron chi connectivity index (χ0n) is 15.8. The van der Waals surface area contributed by atoms with Crippen LogP contribution >= 0.6 is 0 Å². The Morgan fingerprint density at radius 2 is 1.86 bits per heavy atom. The van der Waals surface area contributed by atoms with Crippen molar-refractivity contribution in [2.24, 2.45) is 5.92 Å². The molecule has 0 unspecified atom stereocenters. The fraction of sp³-hybridized carbons (Fsp3) is 0.455. The lowest BCUT2D eigenvalue weighted by Gasteiger charge is -2.48. The quantitative estimate of drug-likeness (QED) is 0.886. The molecule has 0 bridgehead atoms. The number of ether oxygens (including phenoxy) is 1. The van der Waals surface area contributed by atoms with Gasteiger partial charge >= 0.3 is 0 Å². The Labute approximate surface area is 164 Å². The lowest BCUT2D eigenvalue weighted by molar-refractivity contribution is -0.0816. The van der Waals surface area contributed by atoms with Gasteiger partial charge in [0, 0.05) is 31.4 Å². The zero-order chi connectivity index (χ0) is 19.1. The Bertz CT molecular complexity index is 922. The maximum atomic E-state index is 13.0. The third kappa shape index (κ3) is 3.27. The highest BCUT2D eigenvalue weighted by Gasteiger charge is 2.43. The molecule has 2 aliphatic heterocycles. The van der Waals surface area contributed by atoms with E-state index in [0.717, 1.165) is 30.3 Å². The maximum Gasteiger partial charge on any atom is 0.261 e. The standard InChI is InChI=1S/C22H25N3O3/c26-21-18(8-9-19(23-21)15-4-2-1-3-5-15)22(27)24-10-11-25-17(12-24)13-28-14-20(25)16-6-7-16/h1-5,8-9,16-17,20H,6-7,10-14H2,(H,23,26)/t17-,20-/m1/s1. The molecule has 5 rings (SSSR count). The molecule has 3 fully saturated rings. The van der Waals surface area contributed by atoms with Crippen molar-refractivity contribution in [1.82, 2.24) is 14.8 Å². The van der Waals surface area contributed by atoms with Gasteiger partial charge in [0.1, 0.15) is 5.56 Å². The number of fused-ring (bicyclic) bond motifs is 1. The number of pyridine rings is 1. The van der Waals surface area contributed by atoms with Crippen LogP contribution in [0.25, 0.3) is 11.3 Å². The molecule has 1 saturated carbocycles. The van der Waals surface area contributed by atoms with E-state index in [1.54, 1.807) is 6.07 Å². The Kier molecular flexibility index (Phi) is 4.53. The summed E-state index contributed by atoms with van der Waals surface area (Å²) in [6.45, 7) is 3.63. The van der Waals surface area contributed by atoms with Gasteiger partial charge in [0.05, 0.1) is 19.3 Å². The molecule has 0 radical (unpaired) electrons. The van der Waals surface area contributed by atoms with E-state index in [4.69, 9.17) is 4.74 Å². The van der Waals surface area contributed by atoms with Crippen molar-refractivity contribution in [2.45, 2.75) is 24.9 Å². The highest BCUT2D eigenvalue weighted by atomic mass is 16.5. The van der Waals surface area contributed by atoms with Crippen molar-refractivity contribution in [1.29, 1.82) is 0 Å². The highest BCUT2D eigenvalue weighted by Crippen LogP contribution is 2.38. The lowest BCUT2D eigenvalue weighted by atomic mass is 10.0. The van der Waals surface area contributed by atoms with Gasteiger partial charge in [-0.3, -0.25) is 14.5 Å². The fourth-order valence-corrected chi connectivity index (χ4v) is 4.55. The second kappa shape index (κ2) is 7.18. The highest BCUT2D eigenvalue weighted by molar-refractivity contribution is 5.94. The molecule has 1 aliphatic carbocycles. The molecular formula is C22H25N3O3. The number of rotatable bonds is 3. The van der Waals surface area contributed by atoms with Crippen molar-refractivity contribution in [2.75, 3.05) is 32.8 Å². The van der Waals surface area contributed by atoms with Gasteiger partial charge in [0.2, 0.25) is 0 Å². The lowest BCUT2D eigenvalue weighted by Crippen LogP contribution is -2.63. The molecule has 1 aromatic heterocycles. The van der Waals surface area contributed by atoms with Crippen molar-refractivity contribution in [3.05, 3.63) is 58.4 Å². The average molecular weight is 379 g/mol. The zero-order valence-corrected chi connectivity index (χ0v) is 15.8. The largest absolute Gasteiger partial charge is 0.378 e. The number of nitrogens with zero attached hydrogens (tertiary/aromatic N) is 2. The average Bonchev–Trinajstić information content (AvgIpc) is 3.58. The number of benzene rings is 1. The second-order valence-corrected chi connectivity index (χ2v) is 8.07. The smallest absolute Gasteiger partial charge is 0.261 e. The Morgan fingerprint density at radius 3 is 2.61 bits per heavy atom. The third-order valence-corrected chi connectivity index (χ3v) is 6.23. The first-order valence-corrected chi connectivity index (χ1v) is 10.1. The molecule has 146 valence electrons. The Balaban J connectivity index is 1.32. The molecule has 2 saturated heterocycles. The molecule has 1 aromatic carbocycles. The van der Waals surface area contributed by atoms with Crippen LogP contribution in [0, 0.1) is 5.92 Å². The summed E-state index contributed by atoms with van der Waals surface area (Å²) in [7, 11) is 0. The summed E-state index contributed by atoms with van der Waals surface area (Å²) < 4.78 is 5.83. The summed E-state index contributed by atoms with van der Waals surface area (Å²) in [5.41, 5.74) is 1.53. The second-order valence-electron chi connectivity index (χ2n) is 8.07. The van der Waals surface area contributed by atoms with Gasteiger partial charge in [-0.2, -0.15) is 0 Å². The van der Waals surface area contributed by atoms with E-state index in [-0.39, 0.29) is 23.1 Å². The number of aromatic amines is 1. The van der Waals surface area contributed by atoms with Gasteiger partial charge in [-0.1, -0.05) is 30.3 Å². The molecule has 0 spiro atoms. The number of hydrogen-bond donors (Lipinski definition) is 1. The molecule has 2 atom stereocenters.